The second-order valence-electron chi connectivity index (χ2n) is 5.33. The number of fused-ring (bicyclic) bond motifs is 2. The highest BCUT2D eigenvalue weighted by molar-refractivity contribution is 5.82. The summed E-state index contributed by atoms with van der Waals surface area (Å²) >= 11 is 0. The molecule has 1 aromatic carbocycles. The fraction of sp³-hybridized carbons (Fsp3) is 0.333. The minimum atomic E-state index is 0.467. The number of nitrogens with zero attached hydrogens (tertiary/aromatic N) is 3. The third-order valence-electron chi connectivity index (χ3n) is 4.06. The molecule has 2 aromatic heterocycles. The van der Waals surface area contributed by atoms with Crippen LogP contribution in [0.3, 0.4) is 0 Å². The number of para-hydroxylation sites is 1. The van der Waals surface area contributed by atoms with Gasteiger partial charge in [-0.2, -0.15) is 5.10 Å². The quantitative estimate of drug-likeness (QED) is 0.761. The average Bonchev–Trinajstić information content (AvgIpc) is 3.13. The number of aromatic nitrogens is 4. The van der Waals surface area contributed by atoms with Crippen molar-refractivity contribution in [2.75, 3.05) is 0 Å². The van der Waals surface area contributed by atoms with Gasteiger partial charge in [0.25, 0.3) is 0 Å². The van der Waals surface area contributed by atoms with E-state index in [1.807, 2.05) is 10.9 Å². The van der Waals surface area contributed by atoms with Crippen LogP contribution >= 0.6 is 0 Å². The summed E-state index contributed by atoms with van der Waals surface area (Å²) in [6, 6.07) is 9.01. The molecule has 1 unspecified atom stereocenters. The molecule has 4 rings (SSSR count). The summed E-state index contributed by atoms with van der Waals surface area (Å²) < 4.78 is 2.01. The molecule has 5 heteroatoms. The largest absolute Gasteiger partial charge is 0.361 e. The Morgan fingerprint density at radius 3 is 3.35 bits per heavy atom. The highest BCUT2D eigenvalue weighted by Gasteiger charge is 2.19. The molecule has 1 aliphatic heterocycles. The van der Waals surface area contributed by atoms with Crippen molar-refractivity contribution in [2.24, 2.45) is 0 Å². The number of aryl methyl sites for hydroxylation is 1. The van der Waals surface area contributed by atoms with Crippen molar-refractivity contribution in [1.82, 2.24) is 25.1 Å². The van der Waals surface area contributed by atoms with Crippen LogP contribution in [0.25, 0.3) is 10.9 Å². The summed E-state index contributed by atoms with van der Waals surface area (Å²) in [7, 11) is 0. The van der Waals surface area contributed by atoms with Crippen LogP contribution < -0.4 is 5.32 Å². The number of rotatable bonds is 3. The molecular formula is C15H17N5. The normalized spacial score (nSPS) is 18.3. The van der Waals surface area contributed by atoms with Crippen molar-refractivity contribution in [2.45, 2.75) is 32.0 Å². The molecule has 0 amide bonds. The lowest BCUT2D eigenvalue weighted by Gasteiger charge is -2.23. The van der Waals surface area contributed by atoms with Gasteiger partial charge in [0.2, 0.25) is 0 Å². The average molecular weight is 267 g/mol. The molecule has 0 spiro atoms. The van der Waals surface area contributed by atoms with E-state index < -0.39 is 0 Å². The molecule has 5 nitrogen and oxygen atoms in total. The summed E-state index contributed by atoms with van der Waals surface area (Å²) in [5.41, 5.74) is 2.55. The van der Waals surface area contributed by atoms with Crippen molar-refractivity contribution in [1.29, 1.82) is 0 Å². The van der Waals surface area contributed by atoms with Gasteiger partial charge >= 0.3 is 0 Å². The first kappa shape index (κ1) is 11.7. The molecule has 1 atom stereocenters. The number of H-pyrrole nitrogens is 1. The standard InChI is InChI=1S/C15H17N5/c1-2-11-6-7-16-15(11)12(3-1)8-17-13-4-5-14-18-10-19-20(14)9-13/h1-3,6-7,10,13,16-17H,4-5,8-9H2. The minimum Gasteiger partial charge on any atom is -0.361 e. The Kier molecular flexibility index (Phi) is 2.77. The molecule has 0 bridgehead atoms. The van der Waals surface area contributed by atoms with Crippen molar-refractivity contribution in [3.63, 3.8) is 0 Å². The van der Waals surface area contributed by atoms with Gasteiger partial charge in [0.1, 0.15) is 12.2 Å². The number of benzene rings is 1. The van der Waals surface area contributed by atoms with E-state index >= 15 is 0 Å². The smallest absolute Gasteiger partial charge is 0.138 e. The molecular weight excluding hydrogens is 250 g/mol. The van der Waals surface area contributed by atoms with Crippen LogP contribution in [0.2, 0.25) is 0 Å². The van der Waals surface area contributed by atoms with Crippen LogP contribution in [0.1, 0.15) is 17.8 Å². The van der Waals surface area contributed by atoms with Crippen molar-refractivity contribution < 1.29 is 0 Å². The van der Waals surface area contributed by atoms with Crippen LogP contribution in [-0.4, -0.2) is 25.8 Å². The third kappa shape index (κ3) is 2.00. The van der Waals surface area contributed by atoms with E-state index in [2.05, 4.69) is 44.6 Å². The zero-order valence-electron chi connectivity index (χ0n) is 11.2. The third-order valence-corrected chi connectivity index (χ3v) is 4.06. The summed E-state index contributed by atoms with van der Waals surface area (Å²) in [5.74, 6) is 1.11. The second-order valence-corrected chi connectivity index (χ2v) is 5.33. The van der Waals surface area contributed by atoms with Gasteiger partial charge in [-0.3, -0.25) is 0 Å². The highest BCUT2D eigenvalue weighted by Crippen LogP contribution is 2.18. The molecule has 2 N–H and O–H groups in total. The minimum absolute atomic E-state index is 0.467. The predicted molar refractivity (Wildman–Crippen MR) is 77.3 cm³/mol. The number of aromatic amines is 1. The van der Waals surface area contributed by atoms with Gasteiger partial charge in [0, 0.05) is 30.7 Å². The lowest BCUT2D eigenvalue weighted by atomic mass is 10.1. The topological polar surface area (TPSA) is 58.5 Å². The Labute approximate surface area is 117 Å². The summed E-state index contributed by atoms with van der Waals surface area (Å²) in [6.07, 6.45) is 5.78. The first-order valence-electron chi connectivity index (χ1n) is 7.05. The van der Waals surface area contributed by atoms with E-state index in [-0.39, 0.29) is 0 Å². The van der Waals surface area contributed by atoms with Crippen LogP contribution in [0.15, 0.2) is 36.8 Å². The molecule has 0 saturated heterocycles. The molecule has 0 aliphatic carbocycles. The molecule has 20 heavy (non-hydrogen) atoms. The number of hydrogen-bond acceptors (Lipinski definition) is 3. The van der Waals surface area contributed by atoms with Gasteiger partial charge in [-0.25, -0.2) is 9.67 Å². The molecule has 102 valence electrons. The monoisotopic (exact) mass is 267 g/mol. The highest BCUT2D eigenvalue weighted by atomic mass is 15.3. The first-order valence-corrected chi connectivity index (χ1v) is 7.05. The molecule has 0 saturated carbocycles. The Balaban J connectivity index is 1.47. The Bertz CT molecular complexity index is 727. The number of nitrogens with one attached hydrogen (secondary N) is 2. The van der Waals surface area contributed by atoms with Crippen molar-refractivity contribution in [3.05, 3.63) is 48.2 Å². The summed E-state index contributed by atoms with van der Waals surface area (Å²) in [6.45, 7) is 1.79. The van der Waals surface area contributed by atoms with E-state index in [0.717, 1.165) is 31.8 Å². The van der Waals surface area contributed by atoms with Crippen LogP contribution in [-0.2, 0) is 19.5 Å². The van der Waals surface area contributed by atoms with E-state index in [1.165, 1.54) is 16.5 Å². The van der Waals surface area contributed by atoms with Crippen LogP contribution in [0.5, 0.6) is 0 Å². The fourth-order valence-electron chi connectivity index (χ4n) is 2.96. The number of hydrogen-bond donors (Lipinski definition) is 2. The van der Waals surface area contributed by atoms with Gasteiger partial charge in [-0.15, -0.1) is 0 Å². The molecule has 1 aliphatic rings. The van der Waals surface area contributed by atoms with Gasteiger partial charge in [0.15, 0.2) is 0 Å². The van der Waals surface area contributed by atoms with Gasteiger partial charge in [0.05, 0.1) is 6.54 Å². The Morgan fingerprint density at radius 2 is 2.35 bits per heavy atom. The molecule has 0 radical (unpaired) electrons. The van der Waals surface area contributed by atoms with Crippen molar-refractivity contribution in [3.8, 4) is 0 Å². The zero-order valence-corrected chi connectivity index (χ0v) is 11.2. The fourth-order valence-corrected chi connectivity index (χ4v) is 2.96. The van der Waals surface area contributed by atoms with Crippen LogP contribution in [0.4, 0.5) is 0 Å². The lowest BCUT2D eigenvalue weighted by molar-refractivity contribution is 0.358. The molecule has 3 heterocycles. The summed E-state index contributed by atoms with van der Waals surface area (Å²) in [5, 5.41) is 9.17. The summed E-state index contributed by atoms with van der Waals surface area (Å²) in [4.78, 5) is 7.58. The van der Waals surface area contributed by atoms with Gasteiger partial charge in [-0.1, -0.05) is 18.2 Å². The maximum atomic E-state index is 4.26. The lowest BCUT2D eigenvalue weighted by Crippen LogP contribution is -2.37. The van der Waals surface area contributed by atoms with Gasteiger partial charge in [-0.05, 0) is 23.4 Å². The Morgan fingerprint density at radius 1 is 1.35 bits per heavy atom. The van der Waals surface area contributed by atoms with E-state index in [0.29, 0.717) is 6.04 Å². The van der Waals surface area contributed by atoms with E-state index in [4.69, 9.17) is 0 Å². The predicted octanol–water partition coefficient (Wildman–Crippen LogP) is 1.86. The van der Waals surface area contributed by atoms with E-state index in [9.17, 15) is 0 Å². The first-order chi connectivity index (χ1) is 9.90. The zero-order chi connectivity index (χ0) is 13.4. The SMILES string of the molecule is c1cc(CNC2CCc3ncnn3C2)c2[nH]ccc2c1. The maximum Gasteiger partial charge on any atom is 0.138 e. The maximum absolute atomic E-state index is 4.26. The molecule has 3 aromatic rings. The van der Waals surface area contributed by atoms with Crippen molar-refractivity contribution >= 4 is 10.9 Å². The molecule has 0 fully saturated rings. The Hall–Kier alpha value is -2.14. The van der Waals surface area contributed by atoms with Crippen LogP contribution in [0, 0.1) is 0 Å². The van der Waals surface area contributed by atoms with Gasteiger partial charge < -0.3 is 10.3 Å². The van der Waals surface area contributed by atoms with E-state index in [1.54, 1.807) is 6.33 Å². The second kappa shape index (κ2) is 4.76.